The number of hydrogen-bond donors (Lipinski definition) is 2. The van der Waals surface area contributed by atoms with Crippen molar-refractivity contribution in [2.75, 3.05) is 13.2 Å². The average molecular weight is 300 g/mol. The van der Waals surface area contributed by atoms with E-state index in [2.05, 4.69) is 39.7 Å². The lowest BCUT2D eigenvalue weighted by atomic mass is 9.69. The Hall–Kier alpha value is -0.160. The number of nitrogens with zero attached hydrogens (tertiary/aromatic N) is 1. The topological polar surface area (TPSA) is 58.7 Å². The summed E-state index contributed by atoms with van der Waals surface area (Å²) in [6.45, 7) is 15.8. The molecule has 0 spiro atoms. The summed E-state index contributed by atoms with van der Waals surface area (Å²) in [4.78, 5) is 6.03. The number of hydrogen-bond acceptors (Lipinski definition) is 4. The van der Waals surface area contributed by atoms with Gasteiger partial charge in [-0.05, 0) is 72.8 Å². The van der Waals surface area contributed by atoms with Gasteiger partial charge in [-0.25, -0.2) is 0 Å². The van der Waals surface area contributed by atoms with Gasteiger partial charge in [-0.2, -0.15) is 5.06 Å². The van der Waals surface area contributed by atoms with Crippen molar-refractivity contribution >= 4 is 0 Å². The van der Waals surface area contributed by atoms with Crippen LogP contribution in [0, 0.1) is 11.8 Å². The van der Waals surface area contributed by atoms with E-state index < -0.39 is 5.60 Å². The predicted molar refractivity (Wildman–Crippen MR) is 87.8 cm³/mol. The molecule has 4 heteroatoms. The van der Waals surface area contributed by atoms with Crippen LogP contribution in [0.15, 0.2) is 0 Å². The predicted octanol–water partition coefficient (Wildman–Crippen LogP) is 2.94. The molecule has 0 saturated carbocycles. The maximum Gasteiger partial charge on any atom is 0.0967 e. The minimum absolute atomic E-state index is 0.0553. The highest BCUT2D eigenvalue weighted by molar-refractivity contribution is 4.98. The molecule has 0 aromatic rings. The summed E-state index contributed by atoms with van der Waals surface area (Å²) in [5.41, 5.74) is 5.04. The van der Waals surface area contributed by atoms with Gasteiger partial charge in [0.05, 0.1) is 12.2 Å². The molecule has 0 aliphatic carbocycles. The van der Waals surface area contributed by atoms with Crippen LogP contribution in [-0.4, -0.2) is 40.0 Å². The van der Waals surface area contributed by atoms with Crippen LogP contribution in [0.4, 0.5) is 0 Å². The first kappa shape index (κ1) is 18.9. The van der Waals surface area contributed by atoms with Gasteiger partial charge < -0.3 is 10.8 Å². The maximum atomic E-state index is 9.94. The minimum atomic E-state index is -0.813. The van der Waals surface area contributed by atoms with E-state index in [0.29, 0.717) is 18.4 Å². The van der Waals surface area contributed by atoms with Crippen molar-refractivity contribution in [2.45, 2.75) is 84.4 Å². The Morgan fingerprint density at radius 3 is 2.05 bits per heavy atom. The van der Waals surface area contributed by atoms with Gasteiger partial charge in [-0.3, -0.25) is 4.84 Å². The molecule has 3 N–H and O–H groups in total. The van der Waals surface area contributed by atoms with Gasteiger partial charge in [0.15, 0.2) is 0 Å². The van der Waals surface area contributed by atoms with Gasteiger partial charge in [0.2, 0.25) is 0 Å². The molecular formula is C17H36N2O2. The highest BCUT2D eigenvalue weighted by Crippen LogP contribution is 2.44. The summed E-state index contributed by atoms with van der Waals surface area (Å²) in [5.74, 6) is 1.21. The third-order valence-electron chi connectivity index (χ3n) is 4.66. The summed E-state index contributed by atoms with van der Waals surface area (Å²) >= 11 is 0. The first-order valence-corrected chi connectivity index (χ1v) is 8.28. The SMILES string of the molecule is CCC(CN)C1CC(C)(C)N(OCC(C)(C)O)C(C)(C)C1. The second kappa shape index (κ2) is 6.53. The third kappa shape index (κ3) is 4.92. The molecule has 1 aliphatic heterocycles. The first-order chi connectivity index (χ1) is 9.43. The molecule has 1 fully saturated rings. The highest BCUT2D eigenvalue weighted by atomic mass is 16.7. The molecule has 1 heterocycles. The standard InChI is InChI=1S/C17H36N2O2/c1-8-13(11-18)14-9-15(2,3)19(16(4,5)10-14)21-12-17(6,7)20/h13-14,20H,8-12,18H2,1-7H3. The van der Waals surface area contributed by atoms with Crippen LogP contribution in [0.5, 0.6) is 0 Å². The Morgan fingerprint density at radius 1 is 1.24 bits per heavy atom. The van der Waals surface area contributed by atoms with Crippen molar-refractivity contribution in [3.05, 3.63) is 0 Å². The summed E-state index contributed by atoms with van der Waals surface area (Å²) < 4.78 is 0. The van der Waals surface area contributed by atoms with E-state index in [1.807, 2.05) is 0 Å². The largest absolute Gasteiger partial charge is 0.388 e. The number of nitrogens with two attached hydrogens (primary N) is 1. The van der Waals surface area contributed by atoms with Gasteiger partial charge in [-0.1, -0.05) is 13.3 Å². The van der Waals surface area contributed by atoms with E-state index in [-0.39, 0.29) is 11.1 Å². The zero-order valence-corrected chi connectivity index (χ0v) is 15.1. The average Bonchev–Trinajstić information content (AvgIpc) is 2.25. The molecule has 1 aliphatic rings. The van der Waals surface area contributed by atoms with Gasteiger partial charge in [0.25, 0.3) is 0 Å². The lowest BCUT2D eigenvalue weighted by molar-refractivity contribution is -0.304. The Kier molecular flexibility index (Phi) is 5.87. The number of hydroxylamine groups is 2. The lowest BCUT2D eigenvalue weighted by Crippen LogP contribution is -2.62. The van der Waals surface area contributed by atoms with Gasteiger partial charge in [0, 0.05) is 11.1 Å². The van der Waals surface area contributed by atoms with Crippen molar-refractivity contribution in [1.82, 2.24) is 5.06 Å². The molecule has 0 aromatic heterocycles. The van der Waals surface area contributed by atoms with E-state index in [1.54, 1.807) is 13.8 Å². The van der Waals surface area contributed by atoms with Gasteiger partial charge >= 0.3 is 0 Å². The second-order valence-corrected chi connectivity index (χ2v) is 8.58. The maximum absolute atomic E-state index is 9.94. The molecular weight excluding hydrogens is 264 g/mol. The van der Waals surface area contributed by atoms with Crippen molar-refractivity contribution in [2.24, 2.45) is 17.6 Å². The van der Waals surface area contributed by atoms with Crippen LogP contribution in [0.3, 0.4) is 0 Å². The fourth-order valence-electron chi connectivity index (χ4n) is 3.94. The van der Waals surface area contributed by atoms with Crippen LogP contribution < -0.4 is 5.73 Å². The molecule has 1 atom stereocenters. The van der Waals surface area contributed by atoms with Crippen LogP contribution in [0.1, 0.15) is 67.7 Å². The molecule has 126 valence electrons. The van der Waals surface area contributed by atoms with Crippen molar-refractivity contribution < 1.29 is 9.94 Å². The zero-order chi connectivity index (χ0) is 16.5. The summed E-state index contributed by atoms with van der Waals surface area (Å²) in [6, 6.07) is 0. The molecule has 1 rings (SSSR count). The van der Waals surface area contributed by atoms with E-state index in [4.69, 9.17) is 10.6 Å². The number of rotatable bonds is 6. The van der Waals surface area contributed by atoms with Crippen molar-refractivity contribution in [3.63, 3.8) is 0 Å². The molecule has 1 unspecified atom stereocenters. The zero-order valence-electron chi connectivity index (χ0n) is 15.1. The van der Waals surface area contributed by atoms with Crippen LogP contribution in [0.25, 0.3) is 0 Å². The fraction of sp³-hybridized carbons (Fsp3) is 1.00. The fourth-order valence-corrected chi connectivity index (χ4v) is 3.94. The lowest BCUT2D eigenvalue weighted by Gasteiger charge is -2.55. The molecule has 0 aromatic carbocycles. The van der Waals surface area contributed by atoms with E-state index in [9.17, 15) is 5.11 Å². The molecule has 4 nitrogen and oxygen atoms in total. The molecule has 0 amide bonds. The minimum Gasteiger partial charge on any atom is -0.388 e. The van der Waals surface area contributed by atoms with Crippen LogP contribution in [0.2, 0.25) is 0 Å². The number of piperidine rings is 1. The van der Waals surface area contributed by atoms with Crippen LogP contribution in [-0.2, 0) is 4.84 Å². The van der Waals surface area contributed by atoms with Gasteiger partial charge in [0.1, 0.15) is 0 Å². The number of aliphatic hydroxyl groups is 1. The quantitative estimate of drug-likeness (QED) is 0.792. The van der Waals surface area contributed by atoms with E-state index >= 15 is 0 Å². The highest BCUT2D eigenvalue weighted by Gasteiger charge is 2.48. The normalized spacial score (nSPS) is 25.0. The summed E-state index contributed by atoms with van der Waals surface area (Å²) in [5, 5.41) is 12.0. The third-order valence-corrected chi connectivity index (χ3v) is 4.66. The Balaban J connectivity index is 2.88. The molecule has 1 saturated heterocycles. The van der Waals surface area contributed by atoms with Gasteiger partial charge in [-0.15, -0.1) is 0 Å². The monoisotopic (exact) mass is 300 g/mol. The van der Waals surface area contributed by atoms with Crippen molar-refractivity contribution in [3.8, 4) is 0 Å². The first-order valence-electron chi connectivity index (χ1n) is 8.28. The smallest absolute Gasteiger partial charge is 0.0967 e. The second-order valence-electron chi connectivity index (χ2n) is 8.58. The Bertz CT molecular complexity index is 312. The summed E-state index contributed by atoms with van der Waals surface area (Å²) in [7, 11) is 0. The van der Waals surface area contributed by atoms with E-state index in [1.165, 1.54) is 0 Å². The van der Waals surface area contributed by atoms with Crippen LogP contribution >= 0.6 is 0 Å². The van der Waals surface area contributed by atoms with E-state index in [0.717, 1.165) is 25.8 Å². The Labute approximate surface area is 131 Å². The molecule has 21 heavy (non-hydrogen) atoms. The molecule has 0 bridgehead atoms. The summed E-state index contributed by atoms with van der Waals surface area (Å²) in [6.07, 6.45) is 3.30. The van der Waals surface area contributed by atoms with Crippen molar-refractivity contribution in [1.29, 1.82) is 0 Å². The molecule has 0 radical (unpaired) electrons. The Morgan fingerprint density at radius 2 is 1.71 bits per heavy atom.